The van der Waals surface area contributed by atoms with Gasteiger partial charge in [0.05, 0.1) is 6.54 Å². The summed E-state index contributed by atoms with van der Waals surface area (Å²) in [5, 5.41) is 0. The van der Waals surface area contributed by atoms with E-state index in [-0.39, 0.29) is 5.91 Å². The molecule has 1 aromatic rings. The van der Waals surface area contributed by atoms with Crippen LogP contribution in [0, 0.1) is 17.8 Å². The van der Waals surface area contributed by atoms with Crippen LogP contribution in [0.3, 0.4) is 0 Å². The lowest BCUT2D eigenvalue weighted by Gasteiger charge is -2.24. The van der Waals surface area contributed by atoms with Crippen molar-refractivity contribution in [2.24, 2.45) is 11.7 Å². The number of benzene rings is 1. The molecule has 1 atom stereocenters. The van der Waals surface area contributed by atoms with Gasteiger partial charge in [0.25, 0.3) is 5.91 Å². The smallest absolute Gasteiger partial charge is 0.253 e. The molecule has 0 bridgehead atoms. The van der Waals surface area contributed by atoms with Crippen molar-refractivity contribution in [1.82, 2.24) is 4.90 Å². The maximum atomic E-state index is 12.5. The molecule has 3 heteroatoms. The fourth-order valence-corrected chi connectivity index (χ4v) is 1.93. The first kappa shape index (κ1) is 16.3. The lowest BCUT2D eigenvalue weighted by molar-refractivity contribution is 0.0741. The normalized spacial score (nSPS) is 11.4. The van der Waals surface area contributed by atoms with Gasteiger partial charge in [-0.1, -0.05) is 38.2 Å². The molecule has 0 saturated heterocycles. The number of nitrogens with two attached hydrogens (primary N) is 1. The molecular weight excluding hydrogens is 248 g/mol. The highest BCUT2D eigenvalue weighted by molar-refractivity contribution is 5.94. The molecule has 3 nitrogen and oxygen atoms in total. The summed E-state index contributed by atoms with van der Waals surface area (Å²) in [7, 11) is 0. The maximum Gasteiger partial charge on any atom is 0.253 e. The molecule has 0 fully saturated rings. The van der Waals surface area contributed by atoms with Gasteiger partial charge in [0, 0.05) is 24.2 Å². The third kappa shape index (κ3) is 4.71. The molecule has 108 valence electrons. The Balaban J connectivity index is 2.89. The monoisotopic (exact) mass is 272 g/mol. The van der Waals surface area contributed by atoms with E-state index in [0.717, 1.165) is 25.1 Å². The standard InChI is InChI=1S/C17H24N2O/c1-4-14(3)13-19(5-2)17(20)16-10-6-8-15(12-16)9-7-11-18/h6,8,10,12,14H,4-5,11,13,18H2,1-3H3. The highest BCUT2D eigenvalue weighted by atomic mass is 16.2. The molecule has 1 amide bonds. The lowest BCUT2D eigenvalue weighted by Crippen LogP contribution is -2.34. The predicted octanol–water partition coefficient (Wildman–Crippen LogP) is 2.50. The van der Waals surface area contributed by atoms with E-state index >= 15 is 0 Å². The summed E-state index contributed by atoms with van der Waals surface area (Å²) < 4.78 is 0. The van der Waals surface area contributed by atoms with Gasteiger partial charge >= 0.3 is 0 Å². The van der Waals surface area contributed by atoms with E-state index in [9.17, 15) is 4.79 Å². The maximum absolute atomic E-state index is 12.5. The van der Waals surface area contributed by atoms with Crippen LogP contribution in [0.15, 0.2) is 24.3 Å². The summed E-state index contributed by atoms with van der Waals surface area (Å²) >= 11 is 0. The van der Waals surface area contributed by atoms with Crippen molar-refractivity contribution in [3.8, 4) is 11.8 Å². The van der Waals surface area contributed by atoms with Gasteiger partial charge in [-0.15, -0.1) is 0 Å². The Hall–Kier alpha value is -1.79. The number of rotatable bonds is 5. The Morgan fingerprint density at radius 1 is 1.40 bits per heavy atom. The van der Waals surface area contributed by atoms with E-state index in [4.69, 9.17) is 5.73 Å². The van der Waals surface area contributed by atoms with E-state index in [1.54, 1.807) is 0 Å². The molecule has 0 aliphatic rings. The van der Waals surface area contributed by atoms with Crippen molar-refractivity contribution in [3.05, 3.63) is 35.4 Å². The van der Waals surface area contributed by atoms with E-state index in [0.29, 0.717) is 18.0 Å². The van der Waals surface area contributed by atoms with E-state index in [2.05, 4.69) is 25.7 Å². The van der Waals surface area contributed by atoms with Gasteiger partial charge in [-0.3, -0.25) is 4.79 Å². The van der Waals surface area contributed by atoms with Gasteiger partial charge < -0.3 is 10.6 Å². The Bertz CT molecular complexity index is 499. The van der Waals surface area contributed by atoms with Gasteiger partial charge in [0.15, 0.2) is 0 Å². The Kier molecular flexibility index (Phi) is 6.83. The van der Waals surface area contributed by atoms with Crippen LogP contribution in [-0.4, -0.2) is 30.4 Å². The van der Waals surface area contributed by atoms with Gasteiger partial charge in [-0.05, 0) is 31.0 Å². The average molecular weight is 272 g/mol. The zero-order valence-electron chi connectivity index (χ0n) is 12.6. The number of hydrogen-bond donors (Lipinski definition) is 1. The highest BCUT2D eigenvalue weighted by Gasteiger charge is 2.16. The minimum atomic E-state index is 0.0733. The first-order valence-corrected chi connectivity index (χ1v) is 7.20. The summed E-state index contributed by atoms with van der Waals surface area (Å²) in [6, 6.07) is 7.44. The van der Waals surface area contributed by atoms with Crippen molar-refractivity contribution in [1.29, 1.82) is 0 Å². The van der Waals surface area contributed by atoms with Crippen molar-refractivity contribution in [3.63, 3.8) is 0 Å². The summed E-state index contributed by atoms with van der Waals surface area (Å²) in [4.78, 5) is 14.4. The topological polar surface area (TPSA) is 46.3 Å². The Labute approximate surface area is 122 Å². The van der Waals surface area contributed by atoms with E-state index in [1.807, 2.05) is 36.1 Å². The SMILES string of the molecule is CCC(C)CN(CC)C(=O)c1cccc(C#CCN)c1. The van der Waals surface area contributed by atoms with Crippen LogP contribution in [0.1, 0.15) is 43.1 Å². The van der Waals surface area contributed by atoms with Crippen LogP contribution in [0.25, 0.3) is 0 Å². The molecule has 0 spiro atoms. The molecule has 0 aliphatic carbocycles. The van der Waals surface area contributed by atoms with Crippen molar-refractivity contribution in [2.75, 3.05) is 19.6 Å². The number of amides is 1. The predicted molar refractivity (Wildman–Crippen MR) is 83.4 cm³/mol. The molecule has 1 unspecified atom stereocenters. The van der Waals surface area contributed by atoms with Crippen molar-refractivity contribution < 1.29 is 4.79 Å². The number of carbonyl (C=O) groups excluding carboxylic acids is 1. The molecule has 2 N–H and O–H groups in total. The number of nitrogens with zero attached hydrogens (tertiary/aromatic N) is 1. The van der Waals surface area contributed by atoms with Gasteiger partial charge in [0.1, 0.15) is 0 Å². The van der Waals surface area contributed by atoms with Crippen LogP contribution in [0.2, 0.25) is 0 Å². The summed E-state index contributed by atoms with van der Waals surface area (Å²) in [6.45, 7) is 8.17. The van der Waals surface area contributed by atoms with Gasteiger partial charge in [-0.25, -0.2) is 0 Å². The first-order valence-electron chi connectivity index (χ1n) is 7.20. The van der Waals surface area contributed by atoms with Crippen LogP contribution >= 0.6 is 0 Å². The summed E-state index contributed by atoms with van der Waals surface area (Å²) in [5.74, 6) is 6.36. The third-order valence-corrected chi connectivity index (χ3v) is 3.34. The lowest BCUT2D eigenvalue weighted by atomic mass is 10.1. The minimum absolute atomic E-state index is 0.0733. The second-order valence-electron chi connectivity index (χ2n) is 4.94. The largest absolute Gasteiger partial charge is 0.339 e. The highest BCUT2D eigenvalue weighted by Crippen LogP contribution is 2.11. The molecule has 0 heterocycles. The zero-order chi connectivity index (χ0) is 15.0. The molecule has 1 aromatic carbocycles. The van der Waals surface area contributed by atoms with E-state index < -0.39 is 0 Å². The van der Waals surface area contributed by atoms with Crippen LogP contribution < -0.4 is 5.73 Å². The molecule has 0 aliphatic heterocycles. The summed E-state index contributed by atoms with van der Waals surface area (Å²) in [6.07, 6.45) is 1.08. The molecule has 0 aromatic heterocycles. The van der Waals surface area contributed by atoms with Crippen LogP contribution in [0.4, 0.5) is 0 Å². The number of carbonyl (C=O) groups is 1. The fourth-order valence-electron chi connectivity index (χ4n) is 1.93. The molecule has 0 saturated carbocycles. The summed E-state index contributed by atoms with van der Waals surface area (Å²) in [5.41, 5.74) is 6.89. The second kappa shape index (κ2) is 8.39. The van der Waals surface area contributed by atoms with Crippen molar-refractivity contribution >= 4 is 5.91 Å². The molecular formula is C17H24N2O. The molecule has 0 radical (unpaired) electrons. The van der Waals surface area contributed by atoms with Crippen molar-refractivity contribution in [2.45, 2.75) is 27.2 Å². The second-order valence-corrected chi connectivity index (χ2v) is 4.94. The van der Waals surface area contributed by atoms with Gasteiger partial charge in [-0.2, -0.15) is 0 Å². The molecule has 20 heavy (non-hydrogen) atoms. The molecule has 1 rings (SSSR count). The fraction of sp³-hybridized carbons (Fsp3) is 0.471. The van der Waals surface area contributed by atoms with Crippen LogP contribution in [0.5, 0.6) is 0 Å². The minimum Gasteiger partial charge on any atom is -0.339 e. The quantitative estimate of drug-likeness (QED) is 0.837. The Morgan fingerprint density at radius 2 is 2.15 bits per heavy atom. The first-order chi connectivity index (χ1) is 9.62. The van der Waals surface area contributed by atoms with Crippen LogP contribution in [-0.2, 0) is 0 Å². The third-order valence-electron chi connectivity index (χ3n) is 3.34. The van der Waals surface area contributed by atoms with E-state index in [1.165, 1.54) is 0 Å². The van der Waals surface area contributed by atoms with Gasteiger partial charge in [0.2, 0.25) is 0 Å². The Morgan fingerprint density at radius 3 is 2.75 bits per heavy atom. The average Bonchev–Trinajstić information content (AvgIpc) is 2.49. The zero-order valence-corrected chi connectivity index (χ0v) is 12.6. The number of hydrogen-bond acceptors (Lipinski definition) is 2.